The fourth-order valence-electron chi connectivity index (χ4n) is 2.95. The van der Waals surface area contributed by atoms with E-state index in [2.05, 4.69) is 30.4 Å². The molecule has 3 heteroatoms. The van der Waals surface area contributed by atoms with Crippen molar-refractivity contribution in [3.63, 3.8) is 0 Å². The van der Waals surface area contributed by atoms with Crippen molar-refractivity contribution >= 4 is 6.09 Å². The predicted molar refractivity (Wildman–Crippen MR) is 82.0 cm³/mol. The van der Waals surface area contributed by atoms with E-state index < -0.39 is 0 Å². The third-order valence-corrected chi connectivity index (χ3v) is 3.97. The molecule has 0 saturated heterocycles. The van der Waals surface area contributed by atoms with Crippen molar-refractivity contribution in [1.29, 1.82) is 0 Å². The lowest BCUT2D eigenvalue weighted by Gasteiger charge is -2.16. The number of hydrogen-bond acceptors (Lipinski definition) is 2. The molecule has 21 heavy (non-hydrogen) atoms. The van der Waals surface area contributed by atoms with Crippen molar-refractivity contribution in [3.8, 4) is 0 Å². The molecule has 2 aromatic carbocycles. The first-order valence-corrected chi connectivity index (χ1v) is 7.29. The molecule has 0 spiro atoms. The number of alkyl carbamates (subject to hydrolysis) is 1. The van der Waals surface area contributed by atoms with E-state index in [1.165, 1.54) is 16.7 Å². The van der Waals surface area contributed by atoms with Crippen molar-refractivity contribution in [2.45, 2.75) is 32.4 Å². The minimum Gasteiger partial charge on any atom is -0.445 e. The van der Waals surface area contributed by atoms with E-state index in [1.54, 1.807) is 0 Å². The van der Waals surface area contributed by atoms with Crippen LogP contribution in [0.25, 0.3) is 0 Å². The van der Waals surface area contributed by atoms with Gasteiger partial charge < -0.3 is 10.1 Å². The maximum absolute atomic E-state index is 12.0. The monoisotopic (exact) mass is 281 g/mol. The Morgan fingerprint density at radius 2 is 2.00 bits per heavy atom. The molecule has 1 amide bonds. The van der Waals surface area contributed by atoms with Crippen LogP contribution in [0, 0.1) is 6.92 Å². The lowest BCUT2D eigenvalue weighted by Crippen LogP contribution is -2.28. The van der Waals surface area contributed by atoms with E-state index in [-0.39, 0.29) is 12.1 Å². The highest BCUT2D eigenvalue weighted by Crippen LogP contribution is 2.33. The van der Waals surface area contributed by atoms with Crippen LogP contribution in [0.2, 0.25) is 0 Å². The maximum atomic E-state index is 12.0. The van der Waals surface area contributed by atoms with Crippen LogP contribution in [0.4, 0.5) is 4.79 Å². The number of carbonyl (C=O) groups excluding carboxylic acids is 1. The molecule has 1 unspecified atom stereocenters. The topological polar surface area (TPSA) is 38.3 Å². The maximum Gasteiger partial charge on any atom is 0.407 e. The van der Waals surface area contributed by atoms with E-state index in [0.717, 1.165) is 18.4 Å². The van der Waals surface area contributed by atoms with Crippen molar-refractivity contribution in [3.05, 3.63) is 70.8 Å². The largest absolute Gasteiger partial charge is 0.445 e. The standard InChI is InChI=1S/C18H19NO2/c1-13-6-5-9-15-10-11-16(17(13)15)19-18(20)21-12-14-7-3-2-4-8-14/h2-9,16H,10-12H2,1H3,(H,19,20). The average Bonchev–Trinajstić information content (AvgIpc) is 2.91. The van der Waals surface area contributed by atoms with E-state index in [1.807, 2.05) is 30.3 Å². The number of hydrogen-bond donors (Lipinski definition) is 1. The van der Waals surface area contributed by atoms with Gasteiger partial charge in [-0.15, -0.1) is 0 Å². The highest BCUT2D eigenvalue weighted by molar-refractivity contribution is 5.68. The Balaban J connectivity index is 1.60. The number of benzene rings is 2. The van der Waals surface area contributed by atoms with Crippen LogP contribution in [0.1, 0.15) is 34.7 Å². The molecule has 3 nitrogen and oxygen atoms in total. The summed E-state index contributed by atoms with van der Waals surface area (Å²) in [5.74, 6) is 0. The molecule has 108 valence electrons. The first kappa shape index (κ1) is 13.7. The molecule has 0 saturated carbocycles. The lowest BCUT2D eigenvalue weighted by atomic mass is 10.0. The Morgan fingerprint density at radius 1 is 1.19 bits per heavy atom. The number of carbonyl (C=O) groups is 1. The van der Waals surface area contributed by atoms with Crippen LogP contribution in [-0.4, -0.2) is 6.09 Å². The van der Waals surface area contributed by atoms with Gasteiger partial charge in [0.1, 0.15) is 6.61 Å². The van der Waals surface area contributed by atoms with Gasteiger partial charge in [-0.3, -0.25) is 0 Å². The van der Waals surface area contributed by atoms with Crippen LogP contribution in [0.15, 0.2) is 48.5 Å². The fraction of sp³-hybridized carbons (Fsp3) is 0.278. The van der Waals surface area contributed by atoms with E-state index in [4.69, 9.17) is 4.74 Å². The van der Waals surface area contributed by atoms with Crippen molar-refractivity contribution in [2.24, 2.45) is 0 Å². The highest BCUT2D eigenvalue weighted by atomic mass is 16.5. The van der Waals surface area contributed by atoms with Gasteiger partial charge in [0.2, 0.25) is 0 Å². The van der Waals surface area contributed by atoms with E-state index >= 15 is 0 Å². The minimum absolute atomic E-state index is 0.0736. The molecule has 3 rings (SSSR count). The van der Waals surface area contributed by atoms with E-state index in [9.17, 15) is 4.79 Å². The Kier molecular flexibility index (Phi) is 3.91. The molecule has 0 aromatic heterocycles. The van der Waals surface area contributed by atoms with Crippen LogP contribution >= 0.6 is 0 Å². The van der Waals surface area contributed by atoms with Gasteiger partial charge in [0, 0.05) is 0 Å². The minimum atomic E-state index is -0.347. The Labute approximate surface area is 124 Å². The van der Waals surface area contributed by atoms with Crippen LogP contribution < -0.4 is 5.32 Å². The third kappa shape index (κ3) is 3.07. The zero-order chi connectivity index (χ0) is 14.7. The molecule has 0 radical (unpaired) electrons. The molecule has 0 heterocycles. The molecule has 0 bridgehead atoms. The van der Waals surface area contributed by atoms with Gasteiger partial charge in [-0.25, -0.2) is 4.79 Å². The summed E-state index contributed by atoms with van der Waals surface area (Å²) in [6.07, 6.45) is 1.61. The molecule has 1 aliphatic rings. The highest BCUT2D eigenvalue weighted by Gasteiger charge is 2.25. The third-order valence-electron chi connectivity index (χ3n) is 3.97. The number of ether oxygens (including phenoxy) is 1. The normalized spacial score (nSPS) is 16.3. The van der Waals surface area contributed by atoms with Gasteiger partial charge in [0.25, 0.3) is 0 Å². The van der Waals surface area contributed by atoms with Gasteiger partial charge in [0.15, 0.2) is 0 Å². The van der Waals surface area contributed by atoms with Crippen molar-refractivity contribution in [1.82, 2.24) is 5.32 Å². The van der Waals surface area contributed by atoms with Gasteiger partial charge >= 0.3 is 6.09 Å². The number of amides is 1. The predicted octanol–water partition coefficient (Wildman–Crippen LogP) is 3.91. The van der Waals surface area contributed by atoms with Crippen molar-refractivity contribution in [2.75, 3.05) is 0 Å². The summed E-state index contributed by atoms with van der Waals surface area (Å²) in [5, 5.41) is 2.98. The Hall–Kier alpha value is -2.29. The first-order chi connectivity index (χ1) is 10.2. The Bertz CT molecular complexity index is 637. The number of rotatable bonds is 3. The van der Waals surface area contributed by atoms with Gasteiger partial charge in [-0.1, -0.05) is 48.5 Å². The van der Waals surface area contributed by atoms with E-state index in [0.29, 0.717) is 6.61 Å². The molecular formula is C18H19NO2. The second kappa shape index (κ2) is 6.00. The summed E-state index contributed by atoms with van der Waals surface area (Å²) in [5.41, 5.74) is 4.83. The van der Waals surface area contributed by atoms with Gasteiger partial charge in [-0.2, -0.15) is 0 Å². The SMILES string of the molecule is Cc1cccc2c1C(NC(=O)OCc1ccccc1)CC2. The van der Waals surface area contributed by atoms with Crippen LogP contribution in [0.5, 0.6) is 0 Å². The summed E-state index contributed by atoms with van der Waals surface area (Å²) in [7, 11) is 0. The summed E-state index contributed by atoms with van der Waals surface area (Å²) < 4.78 is 5.29. The molecular weight excluding hydrogens is 262 g/mol. The summed E-state index contributed by atoms with van der Waals surface area (Å²) in [6, 6.07) is 16.1. The first-order valence-electron chi connectivity index (χ1n) is 7.29. The van der Waals surface area contributed by atoms with Crippen LogP contribution in [-0.2, 0) is 17.8 Å². The second-order valence-corrected chi connectivity index (χ2v) is 5.45. The zero-order valence-corrected chi connectivity index (χ0v) is 12.1. The second-order valence-electron chi connectivity index (χ2n) is 5.45. The number of fused-ring (bicyclic) bond motifs is 1. The van der Waals surface area contributed by atoms with Crippen molar-refractivity contribution < 1.29 is 9.53 Å². The van der Waals surface area contributed by atoms with Crippen LogP contribution in [0.3, 0.4) is 0 Å². The summed E-state index contributed by atoms with van der Waals surface area (Å²) in [6.45, 7) is 2.40. The number of aryl methyl sites for hydroxylation is 2. The quantitative estimate of drug-likeness (QED) is 0.926. The average molecular weight is 281 g/mol. The molecule has 2 aromatic rings. The summed E-state index contributed by atoms with van der Waals surface area (Å²) in [4.78, 5) is 12.0. The molecule has 0 aliphatic heterocycles. The molecule has 1 atom stereocenters. The zero-order valence-electron chi connectivity index (χ0n) is 12.1. The fourth-order valence-corrected chi connectivity index (χ4v) is 2.95. The molecule has 1 N–H and O–H groups in total. The number of nitrogens with one attached hydrogen (secondary N) is 1. The Morgan fingerprint density at radius 3 is 2.81 bits per heavy atom. The van der Waals surface area contributed by atoms with Gasteiger partial charge in [-0.05, 0) is 42.0 Å². The van der Waals surface area contributed by atoms with Gasteiger partial charge in [0.05, 0.1) is 6.04 Å². The lowest BCUT2D eigenvalue weighted by molar-refractivity contribution is 0.135. The molecule has 1 aliphatic carbocycles. The smallest absolute Gasteiger partial charge is 0.407 e. The summed E-state index contributed by atoms with van der Waals surface area (Å²) >= 11 is 0. The molecule has 0 fully saturated rings.